The van der Waals surface area contributed by atoms with Gasteiger partial charge in [-0.1, -0.05) is 0 Å². The fourth-order valence-electron chi connectivity index (χ4n) is 3.78. The molecule has 1 fully saturated rings. The largest absolute Gasteiger partial charge is 0.455 e. The van der Waals surface area contributed by atoms with E-state index in [2.05, 4.69) is 15.3 Å². The number of anilines is 1. The number of hydrogen-bond acceptors (Lipinski definition) is 6. The lowest BCUT2D eigenvalue weighted by molar-refractivity contribution is 0.172. The minimum absolute atomic E-state index is 0.0301. The molecule has 1 unspecified atom stereocenters. The molecule has 0 radical (unpaired) electrons. The summed E-state index contributed by atoms with van der Waals surface area (Å²) in [4.78, 5) is 8.09. The van der Waals surface area contributed by atoms with Crippen LogP contribution in [0.15, 0.2) is 65.6 Å². The van der Waals surface area contributed by atoms with Gasteiger partial charge in [-0.25, -0.2) is 18.2 Å². The van der Waals surface area contributed by atoms with Crippen molar-refractivity contribution >= 4 is 5.69 Å². The average molecular weight is 456 g/mol. The van der Waals surface area contributed by atoms with Crippen LogP contribution in [0.2, 0.25) is 0 Å². The number of alkyl halides is 1. The number of nitrogens with zero attached hydrogens (tertiary/aromatic N) is 3. The Kier molecular flexibility index (Phi) is 5.61. The Labute approximate surface area is 186 Å². The highest BCUT2D eigenvalue weighted by Crippen LogP contribution is 2.37. The van der Waals surface area contributed by atoms with Crippen LogP contribution in [-0.4, -0.2) is 39.0 Å². The lowest BCUT2D eigenvalue weighted by atomic mass is 10.1. The van der Waals surface area contributed by atoms with Crippen LogP contribution < -0.4 is 5.32 Å². The zero-order valence-electron chi connectivity index (χ0n) is 17.2. The zero-order valence-corrected chi connectivity index (χ0v) is 17.2. The summed E-state index contributed by atoms with van der Waals surface area (Å²) < 4.78 is 54.6. The molecule has 1 aromatic carbocycles. The van der Waals surface area contributed by atoms with E-state index in [0.29, 0.717) is 22.7 Å². The molecule has 1 aliphatic rings. The molecule has 5 rings (SSSR count). The van der Waals surface area contributed by atoms with Gasteiger partial charge in [0.15, 0.2) is 23.6 Å². The summed E-state index contributed by atoms with van der Waals surface area (Å²) in [5.74, 6) is -0.615. The van der Waals surface area contributed by atoms with E-state index in [1.165, 1.54) is 36.8 Å². The zero-order chi connectivity index (χ0) is 22.9. The molecule has 33 heavy (non-hydrogen) atoms. The molecule has 3 aromatic heterocycles. The highest BCUT2D eigenvalue weighted by atomic mass is 19.1. The molecule has 2 N–H and O–H groups in total. The number of benzene rings is 1. The topological polar surface area (TPSA) is 85.3 Å². The van der Waals surface area contributed by atoms with Gasteiger partial charge in [0.2, 0.25) is 0 Å². The Morgan fingerprint density at radius 1 is 1.09 bits per heavy atom. The number of rotatable bonds is 6. The Bertz CT molecular complexity index is 1260. The Balaban J connectivity index is 1.53. The Morgan fingerprint density at radius 3 is 2.64 bits per heavy atom. The number of furan rings is 1. The maximum Gasteiger partial charge on any atom is 0.184 e. The molecule has 4 aromatic rings. The predicted molar refractivity (Wildman–Crippen MR) is 113 cm³/mol. The molecule has 170 valence electrons. The number of imidazole rings is 1. The van der Waals surface area contributed by atoms with Gasteiger partial charge in [-0.3, -0.25) is 4.98 Å². The third-order valence-electron chi connectivity index (χ3n) is 5.45. The number of pyridine rings is 1. The summed E-state index contributed by atoms with van der Waals surface area (Å²) in [6.45, 7) is 0.129. The predicted octanol–water partition coefficient (Wildman–Crippen LogP) is 4.50. The van der Waals surface area contributed by atoms with Gasteiger partial charge in [0, 0.05) is 11.8 Å². The summed E-state index contributed by atoms with van der Waals surface area (Å²) in [5, 5.41) is 13.1. The standard InChI is InChI=1S/C23H19F3N4O3/c24-14-3-1-13(2-4-14)21-22(30(12-28-21)18-11-32-10-16(18)26)19-5-6-20(33-19)23(31)29-17-7-8-27-9-15(17)25/h1-9,12,16,18,23,31H,10-11H2,(H,27,29)/t16-,18-,23?/m1/s1. The van der Waals surface area contributed by atoms with E-state index in [4.69, 9.17) is 9.15 Å². The SMILES string of the molecule is OC(Nc1ccncc1F)c1ccc(-c2c(-c3ccc(F)cc3)ncn2[C@@H]2COC[C@H]2F)o1. The van der Waals surface area contributed by atoms with Crippen molar-refractivity contribution in [1.82, 2.24) is 14.5 Å². The van der Waals surface area contributed by atoms with Crippen molar-refractivity contribution in [3.8, 4) is 22.7 Å². The second-order valence-corrected chi connectivity index (χ2v) is 7.58. The van der Waals surface area contributed by atoms with Crippen LogP contribution in [0.4, 0.5) is 18.9 Å². The molecular weight excluding hydrogens is 437 g/mol. The first-order chi connectivity index (χ1) is 16.0. The van der Waals surface area contributed by atoms with Crippen molar-refractivity contribution < 1.29 is 27.4 Å². The molecule has 0 spiro atoms. The van der Waals surface area contributed by atoms with E-state index in [1.54, 1.807) is 22.8 Å². The van der Waals surface area contributed by atoms with Crippen LogP contribution in [0.3, 0.4) is 0 Å². The van der Waals surface area contributed by atoms with Crippen LogP contribution in [-0.2, 0) is 4.74 Å². The van der Waals surface area contributed by atoms with Crippen LogP contribution >= 0.6 is 0 Å². The molecule has 0 amide bonds. The van der Waals surface area contributed by atoms with Gasteiger partial charge in [0.05, 0.1) is 43.2 Å². The number of aromatic nitrogens is 3. The molecule has 4 heterocycles. The van der Waals surface area contributed by atoms with Gasteiger partial charge in [-0.15, -0.1) is 0 Å². The second kappa shape index (κ2) is 8.72. The highest BCUT2D eigenvalue weighted by Gasteiger charge is 2.33. The molecule has 0 saturated carbocycles. The van der Waals surface area contributed by atoms with Crippen molar-refractivity contribution in [2.24, 2.45) is 0 Å². The first kappa shape index (κ1) is 21.2. The fraction of sp³-hybridized carbons (Fsp3) is 0.217. The number of nitrogens with one attached hydrogen (secondary N) is 1. The smallest absolute Gasteiger partial charge is 0.184 e. The summed E-state index contributed by atoms with van der Waals surface area (Å²) in [6, 6.07) is 9.63. The summed E-state index contributed by atoms with van der Waals surface area (Å²) in [6.07, 6.45) is 1.30. The number of ether oxygens (including phenoxy) is 1. The van der Waals surface area contributed by atoms with Crippen molar-refractivity contribution in [3.05, 3.63) is 78.6 Å². The Morgan fingerprint density at radius 2 is 1.91 bits per heavy atom. The first-order valence-corrected chi connectivity index (χ1v) is 10.2. The molecule has 7 nitrogen and oxygen atoms in total. The Hall–Kier alpha value is -3.63. The molecule has 0 bridgehead atoms. The van der Waals surface area contributed by atoms with E-state index in [9.17, 15) is 18.3 Å². The van der Waals surface area contributed by atoms with Crippen LogP contribution in [0.25, 0.3) is 22.7 Å². The highest BCUT2D eigenvalue weighted by molar-refractivity contribution is 5.76. The molecule has 3 atom stereocenters. The van der Waals surface area contributed by atoms with Crippen LogP contribution in [0.1, 0.15) is 18.0 Å². The normalized spacial score (nSPS) is 19.0. The van der Waals surface area contributed by atoms with Gasteiger partial charge in [0.25, 0.3) is 0 Å². The number of aliphatic hydroxyl groups excluding tert-OH is 1. The van der Waals surface area contributed by atoms with Crippen molar-refractivity contribution in [3.63, 3.8) is 0 Å². The molecule has 0 aliphatic carbocycles. The lowest BCUT2D eigenvalue weighted by Crippen LogP contribution is -2.18. The van der Waals surface area contributed by atoms with Gasteiger partial charge in [0.1, 0.15) is 17.7 Å². The number of halogens is 3. The minimum Gasteiger partial charge on any atom is -0.455 e. The third-order valence-corrected chi connectivity index (χ3v) is 5.45. The van der Waals surface area contributed by atoms with Gasteiger partial charge in [-0.2, -0.15) is 0 Å². The maximum atomic E-state index is 14.5. The van der Waals surface area contributed by atoms with Gasteiger partial charge < -0.3 is 24.1 Å². The second-order valence-electron chi connectivity index (χ2n) is 7.58. The van der Waals surface area contributed by atoms with Crippen LogP contribution in [0, 0.1) is 11.6 Å². The van der Waals surface area contributed by atoms with Crippen LogP contribution in [0.5, 0.6) is 0 Å². The number of hydrogen-bond donors (Lipinski definition) is 2. The van der Waals surface area contributed by atoms with Crippen molar-refractivity contribution in [2.45, 2.75) is 18.4 Å². The fourth-order valence-corrected chi connectivity index (χ4v) is 3.78. The summed E-state index contributed by atoms with van der Waals surface area (Å²) in [5.41, 5.74) is 1.57. The molecule has 10 heteroatoms. The maximum absolute atomic E-state index is 14.5. The lowest BCUT2D eigenvalue weighted by Gasteiger charge is -2.16. The summed E-state index contributed by atoms with van der Waals surface area (Å²) in [7, 11) is 0. The monoisotopic (exact) mass is 456 g/mol. The molecule has 1 aliphatic heterocycles. The van der Waals surface area contributed by atoms with E-state index in [-0.39, 0.29) is 24.7 Å². The third kappa shape index (κ3) is 4.10. The number of aliphatic hydroxyl groups is 1. The average Bonchev–Trinajstić information content (AvgIpc) is 3.54. The van der Waals surface area contributed by atoms with Crippen molar-refractivity contribution in [1.29, 1.82) is 0 Å². The van der Waals surface area contributed by atoms with E-state index >= 15 is 0 Å². The molecule has 1 saturated heterocycles. The minimum atomic E-state index is -1.36. The molecular formula is C23H19F3N4O3. The summed E-state index contributed by atoms with van der Waals surface area (Å²) >= 11 is 0. The first-order valence-electron chi connectivity index (χ1n) is 10.2. The van der Waals surface area contributed by atoms with E-state index in [0.717, 1.165) is 6.20 Å². The van der Waals surface area contributed by atoms with E-state index in [1.807, 2.05) is 0 Å². The van der Waals surface area contributed by atoms with Gasteiger partial charge in [-0.05, 0) is 42.5 Å². The van der Waals surface area contributed by atoms with E-state index < -0.39 is 30.1 Å². The van der Waals surface area contributed by atoms with Gasteiger partial charge >= 0.3 is 0 Å². The van der Waals surface area contributed by atoms with Crippen molar-refractivity contribution in [2.75, 3.05) is 18.5 Å². The quantitative estimate of drug-likeness (QED) is 0.416.